The second-order valence-corrected chi connectivity index (χ2v) is 7.98. The Morgan fingerprint density at radius 3 is 2.69 bits per heavy atom. The van der Waals surface area contributed by atoms with Crippen molar-refractivity contribution in [2.75, 3.05) is 26.3 Å². The van der Waals surface area contributed by atoms with Crippen LogP contribution in [0.25, 0.3) is 5.82 Å². The molecule has 2 atom stereocenters. The van der Waals surface area contributed by atoms with E-state index >= 15 is 0 Å². The summed E-state index contributed by atoms with van der Waals surface area (Å²) in [5, 5.41) is 7.57. The molecule has 0 unspecified atom stereocenters. The topological polar surface area (TPSA) is 93.5 Å². The molecular formula is C20H24N6O3. The molecule has 2 aromatic heterocycles. The Morgan fingerprint density at radius 1 is 1.10 bits per heavy atom. The molecule has 3 saturated heterocycles. The van der Waals surface area contributed by atoms with E-state index < -0.39 is 0 Å². The van der Waals surface area contributed by atoms with Crippen molar-refractivity contribution in [3.05, 3.63) is 36.5 Å². The largest absolute Gasteiger partial charge is 0.381 e. The highest BCUT2D eigenvalue weighted by Gasteiger charge is 2.48. The Hall–Kier alpha value is -2.81. The minimum atomic E-state index is -0.117. The molecule has 9 nitrogen and oxygen atoms in total. The highest BCUT2D eigenvalue weighted by molar-refractivity contribution is 5.94. The zero-order valence-corrected chi connectivity index (χ0v) is 16.2. The molecule has 0 spiro atoms. The highest BCUT2D eigenvalue weighted by atomic mass is 16.5. The number of likely N-dealkylation sites (tertiary alicyclic amines) is 2. The Balaban J connectivity index is 1.31. The summed E-state index contributed by atoms with van der Waals surface area (Å²) in [7, 11) is 0. The van der Waals surface area contributed by atoms with Crippen LogP contribution in [0, 0.1) is 5.92 Å². The Bertz CT molecular complexity index is 895. The molecule has 0 N–H and O–H groups in total. The van der Waals surface area contributed by atoms with E-state index in [1.165, 1.54) is 0 Å². The minimum absolute atomic E-state index is 0.0600. The van der Waals surface area contributed by atoms with Gasteiger partial charge in [-0.2, -0.15) is 0 Å². The summed E-state index contributed by atoms with van der Waals surface area (Å²) in [4.78, 5) is 34.2. The van der Waals surface area contributed by atoms with Crippen LogP contribution in [0.3, 0.4) is 0 Å². The standard InChI is InChI=1S/C20H24N6O3/c27-19-10-17-16(26(19)11-14-5-8-29-9-6-14)4-7-25(17)20(28)15-2-1-3-18(23-15)24-12-21-22-13-24/h1-3,12-14,16-17H,4-11H2/t16-,17-/m0/s1. The zero-order valence-electron chi connectivity index (χ0n) is 16.2. The van der Waals surface area contributed by atoms with E-state index in [1.54, 1.807) is 29.4 Å². The normalized spacial score (nSPS) is 24.9. The van der Waals surface area contributed by atoms with Gasteiger partial charge in [-0.05, 0) is 37.3 Å². The van der Waals surface area contributed by atoms with Gasteiger partial charge in [0.15, 0.2) is 0 Å². The van der Waals surface area contributed by atoms with Crippen LogP contribution in [0.4, 0.5) is 0 Å². The molecule has 9 heteroatoms. The summed E-state index contributed by atoms with van der Waals surface area (Å²) in [6, 6.07) is 5.40. The number of aromatic nitrogens is 4. The van der Waals surface area contributed by atoms with Crippen molar-refractivity contribution in [3.63, 3.8) is 0 Å². The number of amides is 2. The van der Waals surface area contributed by atoms with Crippen LogP contribution < -0.4 is 0 Å². The molecule has 3 aliphatic heterocycles. The van der Waals surface area contributed by atoms with Gasteiger partial charge in [-0.1, -0.05) is 6.07 Å². The first-order valence-corrected chi connectivity index (χ1v) is 10.2. The van der Waals surface area contributed by atoms with Crippen molar-refractivity contribution in [1.29, 1.82) is 0 Å². The van der Waals surface area contributed by atoms with E-state index in [0.29, 0.717) is 30.4 Å². The number of fused-ring (bicyclic) bond motifs is 1. The number of carbonyl (C=O) groups is 2. The predicted molar refractivity (Wildman–Crippen MR) is 102 cm³/mol. The number of hydrogen-bond acceptors (Lipinski definition) is 6. The van der Waals surface area contributed by atoms with Gasteiger partial charge in [-0.15, -0.1) is 10.2 Å². The van der Waals surface area contributed by atoms with Crippen LogP contribution in [0.2, 0.25) is 0 Å². The number of ether oxygens (including phenoxy) is 1. The van der Waals surface area contributed by atoms with E-state index in [-0.39, 0.29) is 23.9 Å². The van der Waals surface area contributed by atoms with Crippen molar-refractivity contribution < 1.29 is 14.3 Å². The minimum Gasteiger partial charge on any atom is -0.381 e. The summed E-state index contributed by atoms with van der Waals surface area (Å²) in [5.41, 5.74) is 0.382. The Kier molecular flexibility index (Phi) is 4.75. The fourth-order valence-electron chi connectivity index (χ4n) is 4.78. The van der Waals surface area contributed by atoms with Gasteiger partial charge in [0.2, 0.25) is 5.91 Å². The average Bonchev–Trinajstić information content (AvgIpc) is 3.48. The maximum absolute atomic E-state index is 13.2. The van der Waals surface area contributed by atoms with Crippen LogP contribution in [-0.4, -0.2) is 79.7 Å². The average molecular weight is 396 g/mol. The monoisotopic (exact) mass is 396 g/mol. The lowest BCUT2D eigenvalue weighted by molar-refractivity contribution is -0.130. The SMILES string of the molecule is O=C1C[C@H]2[C@H](CCN2C(=O)c2cccc(-n3cnnc3)n2)N1CC1CCOCC1. The summed E-state index contributed by atoms with van der Waals surface area (Å²) in [6.45, 7) is 3.00. The number of pyridine rings is 1. The smallest absolute Gasteiger partial charge is 0.272 e. The molecule has 2 aromatic rings. The Morgan fingerprint density at radius 2 is 1.90 bits per heavy atom. The number of rotatable bonds is 4. The van der Waals surface area contributed by atoms with Crippen molar-refractivity contribution in [1.82, 2.24) is 29.5 Å². The second kappa shape index (κ2) is 7.55. The summed E-state index contributed by atoms with van der Waals surface area (Å²) < 4.78 is 7.10. The van der Waals surface area contributed by atoms with Crippen molar-refractivity contribution >= 4 is 11.8 Å². The second-order valence-electron chi connectivity index (χ2n) is 7.98. The third-order valence-corrected chi connectivity index (χ3v) is 6.31. The van der Waals surface area contributed by atoms with Crippen molar-refractivity contribution in [2.45, 2.75) is 37.8 Å². The molecule has 152 valence electrons. The van der Waals surface area contributed by atoms with Gasteiger partial charge in [0.05, 0.1) is 12.1 Å². The van der Waals surface area contributed by atoms with Gasteiger partial charge >= 0.3 is 0 Å². The Labute approximate surface area is 168 Å². The summed E-state index contributed by atoms with van der Waals surface area (Å²) in [5.74, 6) is 1.14. The first kappa shape index (κ1) is 18.2. The lowest BCUT2D eigenvalue weighted by Crippen LogP contribution is -2.42. The van der Waals surface area contributed by atoms with Crippen LogP contribution in [0.1, 0.15) is 36.2 Å². The van der Waals surface area contributed by atoms with E-state index in [9.17, 15) is 9.59 Å². The third-order valence-electron chi connectivity index (χ3n) is 6.31. The maximum atomic E-state index is 13.2. The molecule has 2 amide bonds. The predicted octanol–water partition coefficient (Wildman–Crippen LogP) is 0.904. The van der Waals surface area contributed by atoms with Gasteiger partial charge in [-0.25, -0.2) is 4.98 Å². The molecule has 0 bridgehead atoms. The van der Waals surface area contributed by atoms with Gasteiger partial charge < -0.3 is 14.5 Å². The fraction of sp³-hybridized carbons (Fsp3) is 0.550. The molecule has 0 radical (unpaired) electrons. The van der Waals surface area contributed by atoms with E-state index in [4.69, 9.17) is 4.74 Å². The van der Waals surface area contributed by atoms with E-state index in [1.807, 2.05) is 15.9 Å². The fourth-order valence-corrected chi connectivity index (χ4v) is 4.78. The number of carbonyl (C=O) groups excluding carboxylic acids is 2. The van der Waals surface area contributed by atoms with Crippen LogP contribution in [0.5, 0.6) is 0 Å². The third kappa shape index (κ3) is 3.39. The zero-order chi connectivity index (χ0) is 19.8. The molecule has 3 aliphatic rings. The summed E-state index contributed by atoms with van der Waals surface area (Å²) >= 11 is 0. The quantitative estimate of drug-likeness (QED) is 0.762. The molecule has 0 aromatic carbocycles. The van der Waals surface area contributed by atoms with Gasteiger partial charge in [0.1, 0.15) is 24.2 Å². The van der Waals surface area contributed by atoms with Crippen LogP contribution >= 0.6 is 0 Å². The summed E-state index contributed by atoms with van der Waals surface area (Å²) in [6.07, 6.45) is 6.34. The molecule has 5 heterocycles. The molecule has 0 aliphatic carbocycles. The molecule has 5 rings (SSSR count). The molecule has 29 heavy (non-hydrogen) atoms. The number of nitrogens with zero attached hydrogens (tertiary/aromatic N) is 6. The highest BCUT2D eigenvalue weighted by Crippen LogP contribution is 2.34. The maximum Gasteiger partial charge on any atom is 0.272 e. The molecule has 0 saturated carbocycles. The van der Waals surface area contributed by atoms with E-state index in [2.05, 4.69) is 15.2 Å². The van der Waals surface area contributed by atoms with Gasteiger partial charge in [-0.3, -0.25) is 14.2 Å². The number of hydrogen-bond donors (Lipinski definition) is 0. The van der Waals surface area contributed by atoms with Crippen LogP contribution in [0.15, 0.2) is 30.9 Å². The first-order chi connectivity index (χ1) is 14.2. The first-order valence-electron chi connectivity index (χ1n) is 10.2. The molecular weight excluding hydrogens is 372 g/mol. The lowest BCUT2D eigenvalue weighted by atomic mass is 9.99. The van der Waals surface area contributed by atoms with E-state index in [0.717, 1.165) is 39.0 Å². The lowest BCUT2D eigenvalue weighted by Gasteiger charge is -2.30. The van der Waals surface area contributed by atoms with Crippen molar-refractivity contribution in [2.24, 2.45) is 5.92 Å². The van der Waals surface area contributed by atoms with Crippen molar-refractivity contribution in [3.8, 4) is 5.82 Å². The van der Waals surface area contributed by atoms with Crippen LogP contribution in [-0.2, 0) is 9.53 Å². The van der Waals surface area contributed by atoms with Gasteiger partial charge in [0.25, 0.3) is 5.91 Å². The van der Waals surface area contributed by atoms with Gasteiger partial charge in [0, 0.05) is 32.7 Å². The molecule has 3 fully saturated rings.